The van der Waals surface area contributed by atoms with Crippen LogP contribution in [-0.2, 0) is 9.47 Å². The van der Waals surface area contributed by atoms with Crippen molar-refractivity contribution in [2.24, 2.45) is 11.8 Å². The molecule has 0 aromatic carbocycles. The van der Waals surface area contributed by atoms with Crippen LogP contribution < -0.4 is 0 Å². The zero-order chi connectivity index (χ0) is 17.4. The second-order valence-electron chi connectivity index (χ2n) is 7.93. The highest BCUT2D eigenvalue weighted by atomic mass is 16.5. The molecule has 0 bridgehead atoms. The maximum Gasteiger partial charge on any atom is 0.115 e. The third-order valence-corrected chi connectivity index (χ3v) is 5.51. The maximum atomic E-state index is 10.0. The first-order valence-electron chi connectivity index (χ1n) is 9.77. The monoisotopic (exact) mass is 339 g/mol. The predicted molar refractivity (Wildman–Crippen MR) is 97.9 cm³/mol. The molecule has 2 aliphatic carbocycles. The lowest BCUT2D eigenvalue weighted by atomic mass is 9.80. The van der Waals surface area contributed by atoms with Crippen LogP contribution in [0, 0.1) is 11.8 Å². The lowest BCUT2D eigenvalue weighted by Crippen LogP contribution is -2.30. The minimum Gasteiger partial charge on any atom is -0.495 e. The van der Waals surface area contributed by atoms with E-state index in [0.717, 1.165) is 18.1 Å². The Hall–Kier alpha value is -0.580. The Morgan fingerprint density at radius 2 is 2.04 bits per heavy atom. The molecule has 0 radical (unpaired) electrons. The average molecular weight is 340 g/mol. The number of aliphatic hydroxyl groups is 1. The van der Waals surface area contributed by atoms with Gasteiger partial charge in [0.05, 0.1) is 11.9 Å². The van der Waals surface area contributed by atoms with E-state index in [9.17, 15) is 5.11 Å². The molecule has 1 fully saturated rings. The molecule has 140 valence electrons. The molecule has 0 aliphatic heterocycles. The molecule has 0 aromatic heterocycles. The van der Waals surface area contributed by atoms with E-state index in [1.165, 1.54) is 51.4 Å². The van der Waals surface area contributed by atoms with Gasteiger partial charge in [-0.15, -0.1) is 0 Å². The quantitative estimate of drug-likeness (QED) is 0.697. The number of ether oxygens (including phenoxy) is 2. The van der Waals surface area contributed by atoms with Gasteiger partial charge in [-0.05, 0) is 71.0 Å². The standard InChI is InChI=1S/C20H37NO3/c1-21(2)14-18(22)15-24-20-10-5-4-8-17(20)12-11-16-7-6-9-19(13-16)23-3/h10,16-19,22H,4-9,11-15H2,1-3H3. The van der Waals surface area contributed by atoms with Gasteiger partial charge in [0.25, 0.3) is 0 Å². The van der Waals surface area contributed by atoms with Crippen LogP contribution in [0.3, 0.4) is 0 Å². The zero-order valence-electron chi connectivity index (χ0n) is 15.9. The Morgan fingerprint density at radius 3 is 2.79 bits per heavy atom. The second-order valence-corrected chi connectivity index (χ2v) is 7.93. The zero-order valence-corrected chi connectivity index (χ0v) is 15.9. The third kappa shape index (κ3) is 6.73. The van der Waals surface area contributed by atoms with Crippen LogP contribution in [0.1, 0.15) is 57.8 Å². The molecule has 0 aromatic rings. The number of rotatable bonds is 9. The minimum atomic E-state index is -0.413. The van der Waals surface area contributed by atoms with Crippen LogP contribution in [0.5, 0.6) is 0 Å². The van der Waals surface area contributed by atoms with Crippen molar-refractivity contribution in [2.45, 2.75) is 70.0 Å². The lowest BCUT2D eigenvalue weighted by Gasteiger charge is -2.31. The molecule has 4 unspecified atom stereocenters. The van der Waals surface area contributed by atoms with Crippen LogP contribution >= 0.6 is 0 Å². The van der Waals surface area contributed by atoms with Crippen LogP contribution in [0.15, 0.2) is 11.8 Å². The Kier molecular flexibility index (Phi) is 8.57. The fraction of sp³-hybridized carbons (Fsp3) is 0.900. The molecule has 0 spiro atoms. The molecule has 2 rings (SSSR count). The maximum absolute atomic E-state index is 10.0. The van der Waals surface area contributed by atoms with E-state index in [4.69, 9.17) is 9.47 Å². The van der Waals surface area contributed by atoms with Crippen LogP contribution in [0.25, 0.3) is 0 Å². The molecule has 4 atom stereocenters. The summed E-state index contributed by atoms with van der Waals surface area (Å²) in [5.41, 5.74) is 0. The van der Waals surface area contributed by atoms with Crippen molar-refractivity contribution in [3.63, 3.8) is 0 Å². The summed E-state index contributed by atoms with van der Waals surface area (Å²) >= 11 is 0. The highest BCUT2D eigenvalue weighted by Gasteiger charge is 2.25. The van der Waals surface area contributed by atoms with Crippen molar-refractivity contribution in [1.82, 2.24) is 4.90 Å². The van der Waals surface area contributed by atoms with Gasteiger partial charge in [-0.1, -0.05) is 12.8 Å². The molecule has 0 amide bonds. The third-order valence-electron chi connectivity index (χ3n) is 5.51. The lowest BCUT2D eigenvalue weighted by molar-refractivity contribution is 0.0365. The Bertz CT molecular complexity index is 383. The van der Waals surface area contributed by atoms with E-state index < -0.39 is 6.10 Å². The van der Waals surface area contributed by atoms with Gasteiger partial charge in [-0.3, -0.25) is 0 Å². The van der Waals surface area contributed by atoms with Crippen LogP contribution in [0.4, 0.5) is 0 Å². The molecule has 1 N–H and O–H groups in total. The number of nitrogens with zero attached hydrogens (tertiary/aromatic N) is 1. The summed E-state index contributed by atoms with van der Waals surface area (Å²) in [6.07, 6.45) is 13.6. The SMILES string of the molecule is COC1CCCC(CCC2CCCC=C2OCC(O)CN(C)C)C1. The number of aliphatic hydroxyl groups excluding tert-OH is 1. The molecule has 4 heteroatoms. The van der Waals surface area contributed by atoms with Crippen molar-refractivity contribution < 1.29 is 14.6 Å². The topological polar surface area (TPSA) is 41.9 Å². The number of hydrogen-bond acceptors (Lipinski definition) is 4. The first-order valence-corrected chi connectivity index (χ1v) is 9.77. The first-order chi connectivity index (χ1) is 11.6. The number of allylic oxidation sites excluding steroid dienone is 2. The predicted octanol–water partition coefficient (Wildman–Crippen LogP) is 3.59. The second kappa shape index (κ2) is 10.4. The summed E-state index contributed by atoms with van der Waals surface area (Å²) < 4.78 is 11.6. The van der Waals surface area contributed by atoms with E-state index in [1.54, 1.807) is 0 Å². The van der Waals surface area contributed by atoms with Gasteiger partial charge in [0.15, 0.2) is 0 Å². The fourth-order valence-corrected chi connectivity index (χ4v) is 4.20. The van der Waals surface area contributed by atoms with Gasteiger partial charge in [-0.2, -0.15) is 0 Å². The molecule has 0 heterocycles. The Labute approximate surface area is 148 Å². The highest BCUT2D eigenvalue weighted by molar-refractivity contribution is 5.03. The number of likely N-dealkylation sites (N-methyl/N-ethyl adjacent to an activating group) is 1. The first kappa shape index (κ1) is 19.7. The van der Waals surface area contributed by atoms with Crippen molar-refractivity contribution in [3.8, 4) is 0 Å². The van der Waals surface area contributed by atoms with Gasteiger partial charge < -0.3 is 19.5 Å². The van der Waals surface area contributed by atoms with Gasteiger partial charge >= 0.3 is 0 Å². The van der Waals surface area contributed by atoms with Crippen molar-refractivity contribution in [2.75, 3.05) is 34.4 Å². The Morgan fingerprint density at radius 1 is 1.21 bits per heavy atom. The van der Waals surface area contributed by atoms with E-state index in [2.05, 4.69) is 6.08 Å². The summed E-state index contributed by atoms with van der Waals surface area (Å²) in [5, 5.41) is 10.0. The van der Waals surface area contributed by atoms with Crippen molar-refractivity contribution in [1.29, 1.82) is 0 Å². The summed E-state index contributed by atoms with van der Waals surface area (Å²) in [6, 6.07) is 0. The van der Waals surface area contributed by atoms with Gasteiger partial charge in [0.2, 0.25) is 0 Å². The van der Waals surface area contributed by atoms with Crippen molar-refractivity contribution in [3.05, 3.63) is 11.8 Å². The smallest absolute Gasteiger partial charge is 0.115 e. The molecule has 24 heavy (non-hydrogen) atoms. The number of hydrogen-bond donors (Lipinski definition) is 1. The molecule has 0 saturated heterocycles. The molecular formula is C20H37NO3. The van der Waals surface area contributed by atoms with Gasteiger partial charge in [0.1, 0.15) is 12.7 Å². The molecular weight excluding hydrogens is 302 g/mol. The summed E-state index contributed by atoms with van der Waals surface area (Å²) in [5.74, 6) is 2.50. The van der Waals surface area contributed by atoms with Gasteiger partial charge in [-0.25, -0.2) is 0 Å². The van der Waals surface area contributed by atoms with Crippen LogP contribution in [0.2, 0.25) is 0 Å². The summed E-state index contributed by atoms with van der Waals surface area (Å²) in [6.45, 7) is 1.06. The number of methoxy groups -OCH3 is 1. The fourth-order valence-electron chi connectivity index (χ4n) is 4.20. The minimum absolute atomic E-state index is 0.412. The van der Waals surface area contributed by atoms with Gasteiger partial charge in [0, 0.05) is 19.6 Å². The average Bonchev–Trinajstić information content (AvgIpc) is 2.58. The highest BCUT2D eigenvalue weighted by Crippen LogP contribution is 2.35. The summed E-state index contributed by atoms with van der Waals surface area (Å²) in [7, 11) is 5.80. The Balaban J connectivity index is 1.75. The molecule has 1 saturated carbocycles. The normalized spacial score (nSPS) is 29.4. The van der Waals surface area contributed by atoms with Crippen molar-refractivity contribution >= 4 is 0 Å². The van der Waals surface area contributed by atoms with E-state index in [0.29, 0.717) is 25.2 Å². The largest absolute Gasteiger partial charge is 0.495 e. The van der Waals surface area contributed by atoms with E-state index in [-0.39, 0.29) is 0 Å². The van der Waals surface area contributed by atoms with Crippen LogP contribution in [-0.4, -0.2) is 56.6 Å². The summed E-state index contributed by atoms with van der Waals surface area (Å²) in [4.78, 5) is 2.00. The molecule has 2 aliphatic rings. The molecule has 4 nitrogen and oxygen atoms in total. The van der Waals surface area contributed by atoms with E-state index >= 15 is 0 Å². The van der Waals surface area contributed by atoms with E-state index in [1.807, 2.05) is 26.1 Å².